The van der Waals surface area contributed by atoms with Crippen LogP contribution in [-0.4, -0.2) is 32.7 Å². The van der Waals surface area contributed by atoms with Crippen molar-refractivity contribution in [1.29, 1.82) is 0 Å². The van der Waals surface area contributed by atoms with Crippen LogP contribution in [0.25, 0.3) is 21.1 Å². The summed E-state index contributed by atoms with van der Waals surface area (Å²) >= 11 is 8.18. The fourth-order valence-electron chi connectivity index (χ4n) is 3.98. The Kier molecular flexibility index (Phi) is 5.77. The molecule has 2 aromatic carbocycles. The molecule has 156 valence electrons. The molecular weight excluding hydrogens is 422 g/mol. The van der Waals surface area contributed by atoms with Gasteiger partial charge in [0.2, 0.25) is 0 Å². The number of benzene rings is 2. The number of hydrogen-bond donors (Lipinski definition) is 1. The molecule has 0 spiro atoms. The van der Waals surface area contributed by atoms with Crippen LogP contribution in [0, 0.1) is 6.92 Å². The van der Waals surface area contributed by atoms with Gasteiger partial charge >= 0.3 is 5.97 Å². The lowest BCUT2D eigenvalue weighted by Gasteiger charge is -2.21. The second-order valence-corrected chi connectivity index (χ2v) is 8.55. The van der Waals surface area contributed by atoms with E-state index in [9.17, 15) is 9.90 Å². The number of aliphatic hydroxyl groups is 1. The zero-order valence-electron chi connectivity index (χ0n) is 17.0. The van der Waals surface area contributed by atoms with Crippen molar-refractivity contribution in [2.45, 2.75) is 32.8 Å². The molecule has 0 bridgehead atoms. The van der Waals surface area contributed by atoms with E-state index in [4.69, 9.17) is 16.3 Å². The van der Waals surface area contributed by atoms with Crippen molar-refractivity contribution in [1.82, 2.24) is 15.0 Å². The van der Waals surface area contributed by atoms with E-state index in [0.717, 1.165) is 37.9 Å². The minimum absolute atomic E-state index is 0.0695. The summed E-state index contributed by atoms with van der Waals surface area (Å²) in [7, 11) is 1.80. The molecule has 2 aromatic heterocycles. The number of carbonyl (C=O) groups excluding carboxylic acids is 1. The highest BCUT2D eigenvalue weighted by atomic mass is 35.5. The molecule has 2 heterocycles. The fourth-order valence-corrected chi connectivity index (χ4v) is 5.20. The zero-order valence-corrected chi connectivity index (χ0v) is 18.5. The molecule has 0 aliphatic carbocycles. The van der Waals surface area contributed by atoms with E-state index < -0.39 is 0 Å². The second kappa shape index (κ2) is 8.34. The maximum Gasteiger partial charge on any atom is 0.306 e. The van der Waals surface area contributed by atoms with Gasteiger partial charge in [0.05, 0.1) is 24.7 Å². The predicted octanol–water partition coefficient (Wildman–Crippen LogP) is 4.72. The van der Waals surface area contributed by atoms with E-state index in [1.807, 2.05) is 30.5 Å². The van der Waals surface area contributed by atoms with Gasteiger partial charge in [0.25, 0.3) is 0 Å². The number of nitrogens with zero attached hydrogens (tertiary/aromatic N) is 3. The number of aromatic nitrogens is 3. The summed E-state index contributed by atoms with van der Waals surface area (Å²) in [5, 5.41) is 21.9. The van der Waals surface area contributed by atoms with Gasteiger partial charge < -0.3 is 9.84 Å². The van der Waals surface area contributed by atoms with Gasteiger partial charge in [-0.25, -0.2) is 4.68 Å². The Balaban J connectivity index is 1.93. The van der Waals surface area contributed by atoms with E-state index in [1.54, 1.807) is 30.0 Å². The van der Waals surface area contributed by atoms with Gasteiger partial charge in [0.1, 0.15) is 11.0 Å². The minimum Gasteiger partial charge on any atom is -0.466 e. The molecule has 0 fully saturated rings. The van der Waals surface area contributed by atoms with Gasteiger partial charge in [-0.3, -0.25) is 4.79 Å². The van der Waals surface area contributed by atoms with Crippen LogP contribution < -0.4 is 0 Å². The van der Waals surface area contributed by atoms with Crippen molar-refractivity contribution in [2.75, 3.05) is 6.61 Å². The van der Waals surface area contributed by atoms with Gasteiger partial charge in [-0.05, 0) is 65.1 Å². The number of carbonyl (C=O) groups is 1. The van der Waals surface area contributed by atoms with Gasteiger partial charge in [-0.1, -0.05) is 22.9 Å². The molecule has 1 N–H and O–H groups in total. The molecule has 0 amide bonds. The second-order valence-electron chi connectivity index (χ2n) is 7.22. The summed E-state index contributed by atoms with van der Waals surface area (Å²) in [4.78, 5) is 12.5. The summed E-state index contributed by atoms with van der Waals surface area (Å²) in [5.74, 6) is -0.573. The van der Waals surface area contributed by atoms with Crippen molar-refractivity contribution >= 4 is 50.0 Å². The van der Waals surface area contributed by atoms with E-state index in [-0.39, 0.29) is 24.9 Å². The summed E-state index contributed by atoms with van der Waals surface area (Å²) in [6.45, 7) is 4.01. The normalized spacial score (nSPS) is 12.6. The average molecular weight is 444 g/mol. The van der Waals surface area contributed by atoms with Crippen molar-refractivity contribution in [3.8, 4) is 0 Å². The number of aliphatic hydroxyl groups excluding tert-OH is 1. The lowest BCUT2D eigenvalue weighted by Crippen LogP contribution is -2.13. The van der Waals surface area contributed by atoms with Crippen LogP contribution in [0.1, 0.15) is 41.5 Å². The Labute approximate surface area is 183 Å². The maximum atomic E-state index is 12.5. The molecule has 4 aromatic rings. The number of esters is 1. The molecule has 30 heavy (non-hydrogen) atoms. The summed E-state index contributed by atoms with van der Waals surface area (Å²) < 4.78 is 7.95. The fraction of sp³-hybridized carbons (Fsp3) is 0.318. The Bertz CT molecular complexity index is 1250. The zero-order chi connectivity index (χ0) is 21.4. The Morgan fingerprint density at radius 2 is 2.17 bits per heavy atom. The lowest BCUT2D eigenvalue weighted by molar-refractivity contribution is -0.143. The van der Waals surface area contributed by atoms with Crippen LogP contribution in [0.2, 0.25) is 5.02 Å². The van der Waals surface area contributed by atoms with Gasteiger partial charge in [0.15, 0.2) is 0 Å². The first-order valence-corrected chi connectivity index (χ1v) is 10.9. The molecule has 1 unspecified atom stereocenters. The lowest BCUT2D eigenvalue weighted by atomic mass is 9.84. The summed E-state index contributed by atoms with van der Waals surface area (Å²) in [6.07, 6.45) is 0.164. The molecule has 0 aliphatic rings. The number of hydrogen-bond acceptors (Lipinski definition) is 6. The Hall–Kier alpha value is -2.48. The van der Waals surface area contributed by atoms with Gasteiger partial charge in [0, 0.05) is 17.7 Å². The van der Waals surface area contributed by atoms with E-state index >= 15 is 0 Å². The molecule has 1 atom stereocenters. The smallest absolute Gasteiger partial charge is 0.306 e. The molecule has 0 saturated heterocycles. The quantitative estimate of drug-likeness (QED) is 0.436. The number of rotatable bonds is 6. The first-order chi connectivity index (χ1) is 14.4. The maximum absolute atomic E-state index is 12.5. The predicted molar refractivity (Wildman–Crippen MR) is 119 cm³/mol. The highest BCUT2D eigenvalue weighted by Crippen LogP contribution is 2.39. The van der Waals surface area contributed by atoms with Crippen molar-refractivity contribution in [2.24, 2.45) is 7.05 Å². The third-order valence-electron chi connectivity index (χ3n) is 5.40. The van der Waals surface area contributed by atoms with Crippen LogP contribution in [-0.2, 0) is 23.2 Å². The monoisotopic (exact) mass is 443 g/mol. The van der Waals surface area contributed by atoms with Crippen LogP contribution in [0.4, 0.5) is 0 Å². The minimum atomic E-state index is -0.289. The van der Waals surface area contributed by atoms with Crippen LogP contribution in [0.15, 0.2) is 29.6 Å². The number of fused-ring (bicyclic) bond motifs is 2. The molecule has 4 rings (SSSR count). The topological polar surface area (TPSA) is 77.2 Å². The summed E-state index contributed by atoms with van der Waals surface area (Å²) in [5.41, 5.74) is 5.08. The van der Waals surface area contributed by atoms with Gasteiger partial charge in [-0.2, -0.15) is 0 Å². The van der Waals surface area contributed by atoms with Crippen LogP contribution in [0.5, 0.6) is 0 Å². The van der Waals surface area contributed by atoms with E-state index in [2.05, 4.69) is 16.4 Å². The number of thiophene rings is 1. The van der Waals surface area contributed by atoms with E-state index in [0.29, 0.717) is 17.1 Å². The third-order valence-corrected chi connectivity index (χ3v) is 6.69. The molecule has 0 aliphatic heterocycles. The van der Waals surface area contributed by atoms with E-state index in [1.165, 1.54) is 0 Å². The standard InChI is InChI=1S/C22H22ClN3O3S/c1-4-29-19(28)10-17(14-7-13-5-6-30-22(13)15(8-14)11-27)16-9-18(23)21-20(12(16)2)24-25-26(21)3/h5-9,17,27H,4,10-11H2,1-3H3. The SMILES string of the molecule is CCOC(=O)CC(c1cc(CO)c2sccc2c1)c1cc(Cl)c2c(nnn2C)c1C. The number of halogens is 1. The summed E-state index contributed by atoms with van der Waals surface area (Å²) in [6, 6.07) is 7.96. The first kappa shape index (κ1) is 20.8. The van der Waals surface area contributed by atoms with Crippen molar-refractivity contribution < 1.29 is 14.6 Å². The Morgan fingerprint density at radius 3 is 2.90 bits per heavy atom. The molecule has 6 nitrogen and oxygen atoms in total. The molecule has 0 saturated carbocycles. The molecular formula is C22H22ClN3O3S. The van der Waals surface area contributed by atoms with Crippen molar-refractivity contribution in [3.05, 3.63) is 56.9 Å². The van der Waals surface area contributed by atoms with Crippen LogP contribution >= 0.6 is 22.9 Å². The number of ether oxygens (including phenoxy) is 1. The third kappa shape index (κ3) is 3.57. The van der Waals surface area contributed by atoms with Crippen molar-refractivity contribution in [3.63, 3.8) is 0 Å². The van der Waals surface area contributed by atoms with Gasteiger partial charge in [-0.15, -0.1) is 16.4 Å². The molecule has 0 radical (unpaired) electrons. The van der Waals surface area contributed by atoms with Crippen LogP contribution in [0.3, 0.4) is 0 Å². The highest BCUT2D eigenvalue weighted by molar-refractivity contribution is 7.17. The first-order valence-electron chi connectivity index (χ1n) is 9.69. The number of aryl methyl sites for hydroxylation is 2. The highest BCUT2D eigenvalue weighted by Gasteiger charge is 2.25. The average Bonchev–Trinajstić information content (AvgIpc) is 3.35. The molecule has 8 heteroatoms. The largest absolute Gasteiger partial charge is 0.466 e. The Morgan fingerprint density at radius 1 is 1.37 bits per heavy atom.